The van der Waals surface area contributed by atoms with Gasteiger partial charge < -0.3 is 28.8 Å². The average molecular weight is 378 g/mol. The van der Waals surface area contributed by atoms with Crippen LogP contribution in [0.15, 0.2) is 12.2 Å². The van der Waals surface area contributed by atoms with E-state index in [0.717, 1.165) is 5.57 Å². The van der Waals surface area contributed by atoms with Crippen LogP contribution >= 0.6 is 0 Å². The summed E-state index contributed by atoms with van der Waals surface area (Å²) < 4.78 is 29.2. The molecule has 0 aromatic carbocycles. The maximum absolute atomic E-state index is 13.2. The zero-order valence-corrected chi connectivity index (χ0v) is 15.2. The van der Waals surface area contributed by atoms with Gasteiger partial charge in [0.05, 0.1) is 16.7 Å². The molecule has 2 aliphatic carbocycles. The molecule has 146 valence electrons. The lowest BCUT2D eigenvalue weighted by Gasteiger charge is -2.49. The molecule has 4 saturated heterocycles. The number of aliphatic hydroxyl groups is 1. The molecule has 2 spiro atoms. The second-order valence-electron chi connectivity index (χ2n) is 8.92. The molecule has 8 heteroatoms. The smallest absolute Gasteiger partial charge is 0.340 e. The second-order valence-corrected chi connectivity index (χ2v) is 8.92. The number of esters is 2. The number of rotatable bonds is 1. The van der Waals surface area contributed by atoms with E-state index in [4.69, 9.17) is 23.7 Å². The van der Waals surface area contributed by atoms with Gasteiger partial charge in [0.2, 0.25) is 0 Å². The first-order chi connectivity index (χ1) is 12.8. The van der Waals surface area contributed by atoms with Gasteiger partial charge in [0, 0.05) is 5.92 Å². The van der Waals surface area contributed by atoms with E-state index in [0.29, 0.717) is 12.8 Å². The van der Waals surface area contributed by atoms with Crippen molar-refractivity contribution in [2.45, 2.75) is 57.1 Å². The van der Waals surface area contributed by atoms with E-state index in [1.807, 2.05) is 6.92 Å². The minimum atomic E-state index is -1.38. The number of hydrogen-bond acceptors (Lipinski definition) is 8. The lowest BCUT2D eigenvalue weighted by molar-refractivity contribution is -0.365. The van der Waals surface area contributed by atoms with E-state index >= 15 is 0 Å². The highest BCUT2D eigenvalue weighted by molar-refractivity contribution is 5.89. The Bertz CT molecular complexity index is 795. The quantitative estimate of drug-likeness (QED) is 0.519. The van der Waals surface area contributed by atoms with Crippen LogP contribution in [0.4, 0.5) is 0 Å². The van der Waals surface area contributed by atoms with Crippen molar-refractivity contribution in [1.29, 1.82) is 0 Å². The van der Waals surface area contributed by atoms with Crippen LogP contribution in [0.5, 0.6) is 0 Å². The Morgan fingerprint density at radius 2 is 2.04 bits per heavy atom. The Morgan fingerprint density at radius 3 is 2.78 bits per heavy atom. The van der Waals surface area contributed by atoms with Crippen molar-refractivity contribution in [1.82, 2.24) is 0 Å². The molecule has 2 saturated carbocycles. The third kappa shape index (κ3) is 1.33. The number of aliphatic hydroxyl groups excluding tert-OH is 1. The third-order valence-corrected chi connectivity index (χ3v) is 8.27. The van der Waals surface area contributed by atoms with E-state index in [2.05, 4.69) is 6.58 Å². The van der Waals surface area contributed by atoms with Gasteiger partial charge in [-0.15, -0.1) is 0 Å². The summed E-state index contributed by atoms with van der Waals surface area (Å²) in [4.78, 5) is 25.5. The first kappa shape index (κ1) is 16.5. The molecule has 6 rings (SSSR count). The highest BCUT2D eigenvalue weighted by Crippen LogP contribution is 2.82. The predicted octanol–water partition coefficient (Wildman–Crippen LogP) is 0.480. The van der Waals surface area contributed by atoms with Crippen molar-refractivity contribution >= 4 is 11.9 Å². The van der Waals surface area contributed by atoms with Gasteiger partial charge in [0.1, 0.15) is 12.2 Å². The van der Waals surface area contributed by atoms with Crippen molar-refractivity contribution < 1.29 is 38.4 Å². The molecule has 27 heavy (non-hydrogen) atoms. The van der Waals surface area contributed by atoms with Crippen molar-refractivity contribution in [3.63, 3.8) is 0 Å². The second kappa shape index (κ2) is 4.56. The van der Waals surface area contributed by atoms with Crippen LogP contribution in [-0.2, 0) is 33.3 Å². The summed E-state index contributed by atoms with van der Waals surface area (Å²) in [7, 11) is 0. The van der Waals surface area contributed by atoms with Gasteiger partial charge in [-0.1, -0.05) is 19.1 Å². The summed E-state index contributed by atoms with van der Waals surface area (Å²) in [5.74, 6) is -1.98. The average Bonchev–Trinajstić information content (AvgIpc) is 3.27. The molecule has 1 N–H and O–H groups in total. The molecule has 6 unspecified atom stereocenters. The van der Waals surface area contributed by atoms with Gasteiger partial charge in [-0.05, 0) is 25.7 Å². The Morgan fingerprint density at radius 1 is 1.26 bits per heavy atom. The Hall–Kier alpha value is -1.48. The number of carbonyl (C=O) groups is 2. The van der Waals surface area contributed by atoms with Crippen LogP contribution < -0.4 is 0 Å². The molecular weight excluding hydrogens is 356 g/mol. The van der Waals surface area contributed by atoms with E-state index in [1.54, 1.807) is 6.92 Å². The molecule has 8 nitrogen and oxygen atoms in total. The van der Waals surface area contributed by atoms with Crippen molar-refractivity contribution in [3.05, 3.63) is 12.2 Å². The van der Waals surface area contributed by atoms with Crippen LogP contribution in [0.2, 0.25) is 0 Å². The largest absolute Gasteiger partial charge is 0.462 e. The van der Waals surface area contributed by atoms with Gasteiger partial charge >= 0.3 is 11.9 Å². The summed E-state index contributed by atoms with van der Waals surface area (Å²) >= 11 is 0. The van der Waals surface area contributed by atoms with Gasteiger partial charge in [-0.25, -0.2) is 4.79 Å². The minimum absolute atomic E-state index is 0.124. The molecule has 0 aromatic rings. The maximum atomic E-state index is 13.2. The molecular formula is C19H22O8. The fourth-order valence-corrected chi connectivity index (χ4v) is 7.57. The van der Waals surface area contributed by atoms with Gasteiger partial charge in [-0.3, -0.25) is 4.79 Å². The Labute approximate surface area is 155 Å². The summed E-state index contributed by atoms with van der Waals surface area (Å²) in [5.41, 5.74) is -2.42. The number of allylic oxidation sites excluding steroid dienone is 1. The van der Waals surface area contributed by atoms with E-state index < -0.39 is 59.0 Å². The zero-order chi connectivity index (χ0) is 18.9. The monoisotopic (exact) mass is 378 g/mol. The molecule has 0 amide bonds. The summed E-state index contributed by atoms with van der Waals surface area (Å²) in [6, 6.07) is 0. The van der Waals surface area contributed by atoms with Gasteiger partial charge in [0.25, 0.3) is 0 Å². The first-order valence-electron chi connectivity index (χ1n) is 9.48. The SMILES string of the molecule is C=C(C)[C@@H]1CC2OC(=O)C34OC5OCO[C@H](O)C51C23CC1OC(=O)[C@H](C)[C@@H]14. The molecule has 6 aliphatic rings. The summed E-state index contributed by atoms with van der Waals surface area (Å²) in [6.07, 6.45) is -2.02. The Kier molecular flexibility index (Phi) is 2.78. The number of carbonyl (C=O) groups excluding carboxylic acids is 2. The topological polar surface area (TPSA) is 101 Å². The van der Waals surface area contributed by atoms with Crippen molar-refractivity contribution in [3.8, 4) is 0 Å². The molecule has 6 fully saturated rings. The summed E-state index contributed by atoms with van der Waals surface area (Å²) in [6.45, 7) is 7.66. The fraction of sp³-hybridized carbons (Fsp3) is 0.789. The van der Waals surface area contributed by atoms with Crippen molar-refractivity contribution in [2.75, 3.05) is 6.79 Å². The van der Waals surface area contributed by atoms with Crippen LogP contribution in [0, 0.1) is 28.6 Å². The highest BCUT2D eigenvalue weighted by atomic mass is 16.8. The number of fused-ring (bicyclic) bond motifs is 1. The van der Waals surface area contributed by atoms with E-state index in [9.17, 15) is 14.7 Å². The molecule has 0 radical (unpaired) electrons. The zero-order valence-electron chi connectivity index (χ0n) is 15.2. The number of hydrogen-bond donors (Lipinski definition) is 1. The van der Waals surface area contributed by atoms with Crippen molar-refractivity contribution in [2.24, 2.45) is 28.6 Å². The van der Waals surface area contributed by atoms with Crippen LogP contribution in [0.3, 0.4) is 0 Å². The van der Waals surface area contributed by atoms with Crippen LogP contribution in [0.1, 0.15) is 26.7 Å². The fourth-order valence-electron chi connectivity index (χ4n) is 7.57. The molecule has 0 aromatic heterocycles. The molecule has 0 bridgehead atoms. The Balaban J connectivity index is 1.65. The van der Waals surface area contributed by atoms with E-state index in [1.165, 1.54) is 0 Å². The first-order valence-corrected chi connectivity index (χ1v) is 9.48. The minimum Gasteiger partial charge on any atom is -0.462 e. The third-order valence-electron chi connectivity index (χ3n) is 8.27. The normalized spacial score (nSPS) is 59.7. The van der Waals surface area contributed by atoms with Gasteiger partial charge in [0.15, 0.2) is 25.0 Å². The van der Waals surface area contributed by atoms with Crippen LogP contribution in [0.25, 0.3) is 0 Å². The summed E-state index contributed by atoms with van der Waals surface area (Å²) in [5, 5.41) is 11.1. The lowest BCUT2D eigenvalue weighted by Crippen LogP contribution is -2.61. The highest BCUT2D eigenvalue weighted by Gasteiger charge is 2.95. The number of ether oxygens (including phenoxy) is 5. The van der Waals surface area contributed by atoms with Gasteiger partial charge in [-0.2, -0.15) is 0 Å². The predicted molar refractivity (Wildman–Crippen MR) is 85.5 cm³/mol. The maximum Gasteiger partial charge on any atom is 0.340 e. The molecule has 4 aliphatic heterocycles. The van der Waals surface area contributed by atoms with Crippen LogP contribution in [-0.4, -0.2) is 54.2 Å². The molecule has 4 heterocycles. The molecule has 10 atom stereocenters. The lowest BCUT2D eigenvalue weighted by atomic mass is 9.55. The standard InChI is InChI=1S/C19H22O8/c1-7(2)9-4-11-17-5-10-12(8(3)13(20)25-10)19(17,15(22)26-11)27-16-18(9,17)14(21)23-6-24-16/h8-12,14,16,21H,1,4-6H2,2-3H3/t8-,9+,10?,11?,12+,14+,16?,17?,18?,19?/m1/s1. The van der Waals surface area contributed by atoms with E-state index in [-0.39, 0.29) is 18.7 Å².